The predicted molar refractivity (Wildman–Crippen MR) is 138 cm³/mol. The molecule has 1 aliphatic heterocycles. The first kappa shape index (κ1) is 24.6. The van der Waals surface area contributed by atoms with E-state index in [4.69, 9.17) is 4.74 Å². The van der Waals surface area contributed by atoms with Crippen molar-refractivity contribution in [1.82, 2.24) is 5.32 Å². The highest BCUT2D eigenvalue weighted by Crippen LogP contribution is 2.44. The van der Waals surface area contributed by atoms with Crippen molar-refractivity contribution in [2.24, 2.45) is 0 Å². The molecule has 3 aromatic rings. The Morgan fingerprint density at radius 3 is 2.14 bits per heavy atom. The smallest absolute Gasteiger partial charge is 0.348 e. The molecule has 1 unspecified atom stereocenters. The molecular formula is C29H29NO4S. The van der Waals surface area contributed by atoms with Crippen molar-refractivity contribution >= 4 is 23.6 Å². The molecule has 6 heteroatoms. The van der Waals surface area contributed by atoms with Gasteiger partial charge < -0.3 is 15.2 Å². The van der Waals surface area contributed by atoms with Gasteiger partial charge in [0.1, 0.15) is 16.3 Å². The molecule has 0 aliphatic carbocycles. The third kappa shape index (κ3) is 6.55. The Kier molecular flexibility index (Phi) is 8.27. The number of hydrogen-bond donors (Lipinski definition) is 2. The first-order valence-electron chi connectivity index (χ1n) is 11.7. The van der Waals surface area contributed by atoms with E-state index < -0.39 is 11.6 Å². The highest BCUT2D eigenvalue weighted by molar-refractivity contribution is 8.03. The Balaban J connectivity index is 1.42. The van der Waals surface area contributed by atoms with Crippen LogP contribution in [0.5, 0.6) is 0 Å². The van der Waals surface area contributed by atoms with Crippen molar-refractivity contribution in [3.63, 3.8) is 0 Å². The Hall–Kier alpha value is -3.51. The number of carbonyl (C=O) groups excluding carboxylic acids is 2. The summed E-state index contributed by atoms with van der Waals surface area (Å²) in [6.45, 7) is 0.476. The maximum atomic E-state index is 13.0. The fraction of sp³-hybridized carbons (Fsp3) is 0.241. The molecule has 0 radical (unpaired) electrons. The molecule has 2 N–H and O–H groups in total. The number of esters is 1. The van der Waals surface area contributed by atoms with E-state index in [1.807, 2.05) is 91.0 Å². The lowest BCUT2D eigenvalue weighted by Gasteiger charge is -2.37. The van der Waals surface area contributed by atoms with Gasteiger partial charge in [0.15, 0.2) is 0 Å². The highest BCUT2D eigenvalue weighted by atomic mass is 32.2. The summed E-state index contributed by atoms with van der Waals surface area (Å²) in [5.74, 6) is 0.0274. The van der Waals surface area contributed by atoms with Crippen molar-refractivity contribution in [1.29, 1.82) is 0 Å². The normalized spacial score (nSPS) is 17.7. The number of carbonyl (C=O) groups is 2. The van der Waals surface area contributed by atoms with Crippen molar-refractivity contribution in [3.8, 4) is 0 Å². The van der Waals surface area contributed by atoms with Gasteiger partial charge >= 0.3 is 5.97 Å². The van der Waals surface area contributed by atoms with E-state index in [9.17, 15) is 14.7 Å². The number of rotatable bonds is 10. The molecule has 0 fully saturated rings. The van der Waals surface area contributed by atoms with Gasteiger partial charge in [-0.15, -0.1) is 11.8 Å². The molecule has 5 nitrogen and oxygen atoms in total. The standard InChI is InChI=1S/C29H29NO4S/c31-25-19-29(24-15-8-3-9-16-24,18-10-17-26(32)30-20-22-11-4-1-5-12-22)34-28(33)27(25)35-21-23-13-6-2-7-14-23/h1-9,11-16,31H,10,17-21H2,(H,30,32). The summed E-state index contributed by atoms with van der Waals surface area (Å²) in [6.07, 6.45) is 1.44. The van der Waals surface area contributed by atoms with Crippen molar-refractivity contribution in [2.45, 2.75) is 43.6 Å². The number of nitrogens with one attached hydrogen (secondary N) is 1. The fourth-order valence-corrected chi connectivity index (χ4v) is 5.11. The van der Waals surface area contributed by atoms with Crippen LogP contribution < -0.4 is 5.32 Å². The van der Waals surface area contributed by atoms with E-state index in [2.05, 4.69) is 5.32 Å². The second kappa shape index (κ2) is 11.8. The first-order valence-corrected chi connectivity index (χ1v) is 12.7. The van der Waals surface area contributed by atoms with Gasteiger partial charge in [0.25, 0.3) is 0 Å². The van der Waals surface area contributed by atoms with Crippen LogP contribution in [0, 0.1) is 0 Å². The molecule has 35 heavy (non-hydrogen) atoms. The second-order valence-electron chi connectivity index (χ2n) is 8.59. The summed E-state index contributed by atoms with van der Waals surface area (Å²) in [5.41, 5.74) is 1.92. The Morgan fingerprint density at radius 2 is 1.51 bits per heavy atom. The van der Waals surface area contributed by atoms with E-state index in [-0.39, 0.29) is 23.0 Å². The quantitative estimate of drug-likeness (QED) is 0.342. The number of benzene rings is 3. The lowest BCUT2D eigenvalue weighted by molar-refractivity contribution is -0.160. The molecule has 0 saturated heterocycles. The average Bonchev–Trinajstić information content (AvgIpc) is 2.89. The summed E-state index contributed by atoms with van der Waals surface area (Å²) < 4.78 is 6.03. The van der Waals surface area contributed by atoms with Gasteiger partial charge in [0.05, 0.1) is 6.42 Å². The van der Waals surface area contributed by atoms with Crippen LogP contribution in [0.3, 0.4) is 0 Å². The van der Waals surface area contributed by atoms with Crippen molar-refractivity contribution in [3.05, 3.63) is 118 Å². The lowest BCUT2D eigenvalue weighted by atomic mass is 9.83. The summed E-state index contributed by atoms with van der Waals surface area (Å²) in [6, 6.07) is 29.0. The third-order valence-electron chi connectivity index (χ3n) is 6.03. The number of cyclic esters (lactones) is 1. The zero-order chi connectivity index (χ0) is 24.5. The number of ether oxygens (including phenoxy) is 1. The third-order valence-corrected chi connectivity index (χ3v) is 7.20. The molecule has 0 saturated carbocycles. The summed E-state index contributed by atoms with van der Waals surface area (Å²) in [7, 11) is 0. The maximum absolute atomic E-state index is 13.0. The van der Waals surface area contributed by atoms with Crippen molar-refractivity contribution < 1.29 is 19.4 Å². The Morgan fingerprint density at radius 1 is 0.914 bits per heavy atom. The minimum atomic E-state index is -1.00. The minimum absolute atomic E-state index is 0.0413. The van der Waals surface area contributed by atoms with E-state index in [1.165, 1.54) is 11.8 Å². The summed E-state index contributed by atoms with van der Waals surface area (Å²) >= 11 is 1.29. The Bertz CT molecular complexity index is 1170. The van der Waals surface area contributed by atoms with Gasteiger partial charge in [-0.1, -0.05) is 91.0 Å². The van der Waals surface area contributed by atoms with Crippen LogP contribution in [0.25, 0.3) is 0 Å². The van der Waals surface area contributed by atoms with Crippen LogP contribution in [0.1, 0.15) is 42.4 Å². The molecule has 0 bridgehead atoms. The van der Waals surface area contributed by atoms with Crippen LogP contribution in [0.2, 0.25) is 0 Å². The number of amides is 1. The largest absolute Gasteiger partial charge is 0.511 e. The van der Waals surface area contributed by atoms with Crippen LogP contribution in [0.4, 0.5) is 0 Å². The van der Waals surface area contributed by atoms with Gasteiger partial charge in [-0.05, 0) is 29.5 Å². The molecule has 1 atom stereocenters. The number of hydrogen-bond acceptors (Lipinski definition) is 5. The van der Waals surface area contributed by atoms with Crippen LogP contribution in [-0.2, 0) is 32.2 Å². The van der Waals surface area contributed by atoms with Crippen molar-refractivity contribution in [2.75, 3.05) is 0 Å². The minimum Gasteiger partial charge on any atom is -0.511 e. The molecule has 0 spiro atoms. The second-order valence-corrected chi connectivity index (χ2v) is 9.58. The van der Waals surface area contributed by atoms with Crippen LogP contribution in [0.15, 0.2) is 102 Å². The maximum Gasteiger partial charge on any atom is 0.348 e. The van der Waals surface area contributed by atoms with Gasteiger partial charge in [0, 0.05) is 18.7 Å². The monoisotopic (exact) mass is 487 g/mol. The van der Waals surface area contributed by atoms with E-state index >= 15 is 0 Å². The zero-order valence-electron chi connectivity index (χ0n) is 19.5. The predicted octanol–water partition coefficient (Wildman–Crippen LogP) is 6.02. The summed E-state index contributed by atoms with van der Waals surface area (Å²) in [5, 5.41) is 13.8. The van der Waals surface area contributed by atoms with E-state index in [0.29, 0.717) is 31.6 Å². The molecule has 1 amide bonds. The van der Waals surface area contributed by atoms with Crippen LogP contribution >= 0.6 is 11.8 Å². The zero-order valence-corrected chi connectivity index (χ0v) is 20.3. The lowest BCUT2D eigenvalue weighted by Crippen LogP contribution is -2.38. The highest BCUT2D eigenvalue weighted by Gasteiger charge is 2.43. The van der Waals surface area contributed by atoms with Gasteiger partial charge in [-0.25, -0.2) is 4.79 Å². The fourth-order valence-electron chi connectivity index (χ4n) is 4.21. The molecule has 1 heterocycles. The van der Waals surface area contributed by atoms with Gasteiger partial charge in [-0.2, -0.15) is 0 Å². The number of thioether (sulfide) groups is 1. The molecule has 4 rings (SSSR count). The van der Waals surface area contributed by atoms with Crippen LogP contribution in [-0.4, -0.2) is 17.0 Å². The summed E-state index contributed by atoms with van der Waals surface area (Å²) in [4.78, 5) is 25.7. The van der Waals surface area contributed by atoms with E-state index in [0.717, 1.165) is 16.7 Å². The van der Waals surface area contributed by atoms with Gasteiger partial charge in [-0.3, -0.25) is 4.79 Å². The molecular weight excluding hydrogens is 458 g/mol. The molecule has 180 valence electrons. The SMILES string of the molecule is O=C(CCCC1(c2ccccc2)CC(O)=C(SCc2ccccc2)C(=O)O1)NCc1ccccc1. The molecule has 3 aromatic carbocycles. The number of aliphatic hydroxyl groups is 1. The number of aliphatic hydroxyl groups excluding tert-OH is 1. The first-order chi connectivity index (χ1) is 17.1. The molecule has 0 aromatic heterocycles. The molecule has 1 aliphatic rings. The topological polar surface area (TPSA) is 75.6 Å². The van der Waals surface area contributed by atoms with Gasteiger partial charge in [0.2, 0.25) is 5.91 Å². The Labute approximate surface area is 210 Å². The van der Waals surface area contributed by atoms with E-state index in [1.54, 1.807) is 0 Å². The average molecular weight is 488 g/mol.